The van der Waals surface area contributed by atoms with Crippen molar-refractivity contribution in [2.45, 2.75) is 11.1 Å². The summed E-state index contributed by atoms with van der Waals surface area (Å²) < 4.78 is 77.7. The molecule has 3 aromatic rings. The molecular formula is C20H12Cl3F3N2O5S. The Labute approximate surface area is 206 Å². The van der Waals surface area contributed by atoms with E-state index < -0.39 is 32.8 Å². The molecule has 0 bridgehead atoms. The van der Waals surface area contributed by atoms with Crippen molar-refractivity contribution in [3.63, 3.8) is 0 Å². The van der Waals surface area contributed by atoms with Crippen molar-refractivity contribution in [3.05, 3.63) is 76.3 Å². The first-order chi connectivity index (χ1) is 15.8. The number of amides is 2. The Morgan fingerprint density at radius 1 is 1.00 bits per heavy atom. The number of para-hydroxylation sites is 1. The predicted octanol–water partition coefficient (Wildman–Crippen LogP) is 7.24. The number of nitrogens with zero attached hydrogens (tertiary/aromatic N) is 1. The highest BCUT2D eigenvalue weighted by molar-refractivity contribution is 7.86. The van der Waals surface area contributed by atoms with Crippen molar-refractivity contribution in [2.75, 3.05) is 9.74 Å². The maximum absolute atomic E-state index is 13.0. The van der Waals surface area contributed by atoms with Crippen LogP contribution < -0.4 is 14.5 Å². The molecule has 0 fully saturated rings. The third-order valence-corrected chi connectivity index (χ3v) is 5.99. The van der Waals surface area contributed by atoms with Crippen LogP contribution in [0.5, 0.6) is 11.5 Å². The Kier molecular flexibility index (Phi) is 7.53. The van der Waals surface area contributed by atoms with Gasteiger partial charge in [0.15, 0.2) is 5.75 Å². The van der Waals surface area contributed by atoms with Gasteiger partial charge >= 0.3 is 12.2 Å². The molecule has 2 amide bonds. The number of carbonyl (C=O) groups is 1. The first-order valence-electron chi connectivity index (χ1n) is 8.95. The summed E-state index contributed by atoms with van der Waals surface area (Å²) in [6.07, 6.45) is -4.68. The number of nitrogens with one attached hydrogen (secondary N) is 1. The van der Waals surface area contributed by atoms with Gasteiger partial charge in [0, 0.05) is 22.9 Å². The van der Waals surface area contributed by atoms with Gasteiger partial charge in [-0.05, 0) is 42.5 Å². The van der Waals surface area contributed by atoms with Gasteiger partial charge in [-0.1, -0.05) is 35.3 Å². The van der Waals surface area contributed by atoms with Crippen LogP contribution in [-0.2, 0) is 16.3 Å². The molecule has 7 nitrogen and oxygen atoms in total. The second kappa shape index (κ2) is 9.88. The zero-order valence-corrected chi connectivity index (χ0v) is 19.6. The molecule has 0 aromatic heterocycles. The normalized spacial score (nSPS) is 11.7. The van der Waals surface area contributed by atoms with Gasteiger partial charge in [-0.25, -0.2) is 4.79 Å². The fourth-order valence-corrected chi connectivity index (χ4v) is 3.79. The molecule has 34 heavy (non-hydrogen) atoms. The Morgan fingerprint density at radius 2 is 1.68 bits per heavy atom. The maximum Gasteiger partial charge on any atom is 0.416 e. The van der Waals surface area contributed by atoms with Crippen LogP contribution in [0.4, 0.5) is 29.3 Å². The molecule has 0 saturated carbocycles. The number of halogens is 6. The topological polar surface area (TPSA) is 95.9 Å². The van der Waals surface area contributed by atoms with E-state index in [4.69, 9.17) is 39.7 Å². The van der Waals surface area contributed by atoms with Crippen molar-refractivity contribution in [1.29, 1.82) is 0 Å². The third kappa shape index (κ3) is 6.05. The van der Waals surface area contributed by atoms with Gasteiger partial charge in [0.05, 0.1) is 16.3 Å². The molecule has 0 spiro atoms. The Morgan fingerprint density at radius 3 is 2.32 bits per heavy atom. The number of anilines is 2. The minimum Gasteiger partial charge on any atom is -0.454 e. The summed E-state index contributed by atoms with van der Waals surface area (Å²) in [6.45, 7) is 0. The minimum absolute atomic E-state index is 0.120. The van der Waals surface area contributed by atoms with Crippen LogP contribution in [0.25, 0.3) is 0 Å². The molecular weight excluding hydrogens is 544 g/mol. The summed E-state index contributed by atoms with van der Waals surface area (Å²) in [7, 11) is -4.67. The van der Waals surface area contributed by atoms with Crippen LogP contribution in [0, 0.1) is 0 Å². The largest absolute Gasteiger partial charge is 0.454 e. The fraction of sp³-hybridized carbons (Fsp3) is 0.0500. The summed E-state index contributed by atoms with van der Waals surface area (Å²) in [5, 5.41) is 2.10. The van der Waals surface area contributed by atoms with E-state index in [1.165, 1.54) is 36.4 Å². The van der Waals surface area contributed by atoms with E-state index >= 15 is 0 Å². The number of hydrogen-bond donors (Lipinski definition) is 2. The second-order valence-corrected chi connectivity index (χ2v) is 9.11. The molecule has 0 aliphatic heterocycles. The van der Waals surface area contributed by atoms with Crippen LogP contribution in [0.3, 0.4) is 0 Å². The Hall–Kier alpha value is -2.70. The van der Waals surface area contributed by atoms with Crippen molar-refractivity contribution in [3.8, 4) is 11.5 Å². The Balaban J connectivity index is 1.94. The van der Waals surface area contributed by atoms with E-state index in [0.29, 0.717) is 10.5 Å². The average Bonchev–Trinajstić information content (AvgIpc) is 2.73. The van der Waals surface area contributed by atoms with Gasteiger partial charge in [0.1, 0.15) is 16.3 Å². The quantitative estimate of drug-likeness (QED) is 0.255. The van der Waals surface area contributed by atoms with Crippen molar-refractivity contribution in [2.24, 2.45) is 0 Å². The van der Waals surface area contributed by atoms with E-state index in [0.717, 1.165) is 18.2 Å². The lowest BCUT2D eigenvalue weighted by molar-refractivity contribution is -0.137. The number of urea groups is 1. The monoisotopic (exact) mass is 554 g/mol. The number of carbonyl (C=O) groups excluding carboxylic acids is 1. The van der Waals surface area contributed by atoms with E-state index in [1.54, 1.807) is 0 Å². The summed E-state index contributed by atoms with van der Waals surface area (Å²) in [6, 6.07) is 10.1. The second-order valence-electron chi connectivity index (χ2n) is 6.54. The zero-order chi connectivity index (χ0) is 25.3. The molecule has 0 saturated heterocycles. The SMILES string of the molecule is O=C(Nc1cc(C(F)(F)F)ccc1Cl)N(Cl)c1ccc(Cl)cc1Oc1ccccc1S(=O)(=O)O. The maximum atomic E-state index is 13.0. The standard InChI is InChI=1S/C20H12Cl3F3N2O5S/c21-12-6-8-15(17(10-12)33-16-3-1-2-4-18(16)34(30,31)32)28(23)19(29)27-14-9-11(20(24,25)26)5-7-13(14)22/h1-10H,(H,27,29)(H,30,31,32). The van der Waals surface area contributed by atoms with Gasteiger partial charge < -0.3 is 10.1 Å². The molecule has 0 unspecified atom stereocenters. The Bertz CT molecular complexity index is 1350. The fourth-order valence-electron chi connectivity index (χ4n) is 2.67. The molecule has 0 aliphatic rings. The summed E-state index contributed by atoms with van der Waals surface area (Å²) in [4.78, 5) is 12.1. The number of hydrogen-bond acceptors (Lipinski definition) is 4. The minimum atomic E-state index is -4.68. The number of rotatable bonds is 5. The van der Waals surface area contributed by atoms with Crippen LogP contribution in [0.15, 0.2) is 65.6 Å². The van der Waals surface area contributed by atoms with Crippen LogP contribution in [0.2, 0.25) is 10.0 Å². The molecule has 0 atom stereocenters. The van der Waals surface area contributed by atoms with E-state index in [9.17, 15) is 30.9 Å². The third-order valence-electron chi connectivity index (χ3n) is 4.19. The van der Waals surface area contributed by atoms with Crippen molar-refractivity contribution >= 4 is 62.5 Å². The molecule has 3 aromatic carbocycles. The van der Waals surface area contributed by atoms with Gasteiger partial charge in [-0.3, -0.25) is 4.55 Å². The molecule has 180 valence electrons. The van der Waals surface area contributed by atoms with Gasteiger partial charge in [0.25, 0.3) is 10.1 Å². The van der Waals surface area contributed by atoms with Crippen LogP contribution in [0.1, 0.15) is 5.56 Å². The first kappa shape index (κ1) is 25.9. The van der Waals surface area contributed by atoms with E-state index in [2.05, 4.69) is 5.32 Å². The van der Waals surface area contributed by atoms with Gasteiger partial charge in [-0.15, -0.1) is 0 Å². The lowest BCUT2D eigenvalue weighted by Crippen LogP contribution is -2.27. The number of alkyl halides is 3. The zero-order valence-electron chi connectivity index (χ0n) is 16.5. The van der Waals surface area contributed by atoms with Crippen molar-refractivity contribution in [1.82, 2.24) is 0 Å². The molecule has 0 radical (unpaired) electrons. The van der Waals surface area contributed by atoms with Crippen molar-refractivity contribution < 1.29 is 35.7 Å². The van der Waals surface area contributed by atoms with E-state index in [1.807, 2.05) is 0 Å². The summed E-state index contributed by atoms with van der Waals surface area (Å²) in [5.74, 6) is -0.510. The molecule has 3 rings (SSSR count). The van der Waals surface area contributed by atoms with Crippen LogP contribution in [-0.4, -0.2) is 19.0 Å². The van der Waals surface area contributed by atoms with Gasteiger partial charge in [-0.2, -0.15) is 26.0 Å². The number of benzene rings is 3. The lowest BCUT2D eigenvalue weighted by atomic mass is 10.2. The smallest absolute Gasteiger partial charge is 0.416 e. The van der Waals surface area contributed by atoms with Crippen LogP contribution >= 0.6 is 35.0 Å². The first-order valence-corrected chi connectivity index (χ1v) is 11.5. The highest BCUT2D eigenvalue weighted by Gasteiger charge is 2.31. The summed E-state index contributed by atoms with van der Waals surface area (Å²) in [5.41, 5.74) is -1.57. The molecule has 2 N–H and O–H groups in total. The van der Waals surface area contributed by atoms with E-state index in [-0.39, 0.29) is 32.9 Å². The highest BCUT2D eigenvalue weighted by Crippen LogP contribution is 2.39. The predicted molar refractivity (Wildman–Crippen MR) is 122 cm³/mol. The average molecular weight is 556 g/mol. The molecule has 0 aliphatic carbocycles. The lowest BCUT2D eigenvalue weighted by Gasteiger charge is -2.20. The highest BCUT2D eigenvalue weighted by atomic mass is 35.5. The number of ether oxygens (including phenoxy) is 1. The molecule has 14 heteroatoms. The van der Waals surface area contributed by atoms with Gasteiger partial charge in [0.2, 0.25) is 0 Å². The summed E-state index contributed by atoms with van der Waals surface area (Å²) >= 11 is 18.0. The molecule has 0 heterocycles.